The van der Waals surface area contributed by atoms with Crippen LogP contribution in [0, 0.1) is 0 Å². The van der Waals surface area contributed by atoms with E-state index >= 15 is 0 Å². The van der Waals surface area contributed by atoms with Gasteiger partial charge in [0.15, 0.2) is 5.65 Å². The first-order valence-electron chi connectivity index (χ1n) is 11.7. The number of aryl methyl sites for hydroxylation is 2. The van der Waals surface area contributed by atoms with Crippen molar-refractivity contribution in [3.63, 3.8) is 0 Å². The normalized spacial score (nSPS) is 12.5. The van der Waals surface area contributed by atoms with Gasteiger partial charge in [-0.1, -0.05) is 72.8 Å². The Bertz CT molecular complexity index is 1610. The molecule has 162 valence electrons. The molecule has 0 atom stereocenters. The van der Waals surface area contributed by atoms with Crippen molar-refractivity contribution in [3.8, 4) is 11.3 Å². The maximum Gasteiger partial charge on any atom is 0.179 e. The van der Waals surface area contributed by atoms with Crippen molar-refractivity contribution >= 4 is 33.6 Å². The Morgan fingerprint density at radius 1 is 0.588 bits per heavy atom. The van der Waals surface area contributed by atoms with Crippen LogP contribution in [0.4, 0.5) is 11.4 Å². The monoisotopic (exact) mass is 438 g/mol. The lowest BCUT2D eigenvalue weighted by atomic mass is 9.90. The Labute approximate surface area is 197 Å². The summed E-state index contributed by atoms with van der Waals surface area (Å²) in [5, 5.41) is 2.27. The van der Waals surface area contributed by atoms with Crippen molar-refractivity contribution in [1.82, 2.24) is 14.6 Å². The molecule has 0 aliphatic heterocycles. The summed E-state index contributed by atoms with van der Waals surface area (Å²) in [4.78, 5) is 10.3. The van der Waals surface area contributed by atoms with Crippen LogP contribution in [0.2, 0.25) is 0 Å². The molecule has 0 radical (unpaired) electrons. The Kier molecular flexibility index (Phi) is 4.24. The molecule has 0 unspecified atom stereocenters. The largest absolute Gasteiger partial charge is 0.248 e. The highest BCUT2D eigenvalue weighted by atomic mass is 15.6. The van der Waals surface area contributed by atoms with Crippen LogP contribution in [0.1, 0.15) is 11.1 Å². The molecule has 1 aliphatic rings. The fourth-order valence-electron chi connectivity index (χ4n) is 5.14. The summed E-state index contributed by atoms with van der Waals surface area (Å²) in [5.74, 6) is 0. The topological polar surface area (TPSA) is 34.0 Å². The fourth-order valence-corrected chi connectivity index (χ4v) is 5.14. The van der Waals surface area contributed by atoms with E-state index in [0.29, 0.717) is 0 Å². The Morgan fingerprint density at radius 2 is 1.18 bits per heavy atom. The number of para-hydroxylation sites is 4. The minimum Gasteiger partial charge on any atom is -0.248 e. The van der Waals surface area contributed by atoms with Crippen molar-refractivity contribution in [2.45, 2.75) is 12.8 Å². The molecule has 0 spiro atoms. The zero-order valence-electron chi connectivity index (χ0n) is 18.6. The number of hydrogen-bond acceptors (Lipinski definition) is 3. The van der Waals surface area contributed by atoms with Crippen molar-refractivity contribution < 1.29 is 0 Å². The molecule has 0 N–H and O–H groups in total. The van der Waals surface area contributed by atoms with Crippen molar-refractivity contribution in [3.05, 3.63) is 120 Å². The highest BCUT2D eigenvalue weighted by Gasteiger charge is 2.30. The molecule has 34 heavy (non-hydrogen) atoms. The van der Waals surface area contributed by atoms with Gasteiger partial charge in [0.1, 0.15) is 5.52 Å². The molecular formula is C30H22N4. The number of benzene rings is 4. The summed E-state index contributed by atoms with van der Waals surface area (Å²) >= 11 is 0. The lowest BCUT2D eigenvalue weighted by Gasteiger charge is -2.30. The second kappa shape index (κ2) is 7.56. The molecule has 0 saturated heterocycles. The van der Waals surface area contributed by atoms with Gasteiger partial charge in [-0.15, -0.1) is 0 Å². The average Bonchev–Trinajstić information content (AvgIpc) is 3.22. The van der Waals surface area contributed by atoms with Gasteiger partial charge in [-0.3, -0.25) is 0 Å². The lowest BCUT2D eigenvalue weighted by molar-refractivity contribution is 0.830. The Hall–Kier alpha value is -4.44. The minimum absolute atomic E-state index is 0.883. The summed E-state index contributed by atoms with van der Waals surface area (Å²) in [5.41, 5.74) is 10.9. The molecule has 4 nitrogen and oxygen atoms in total. The molecule has 4 heteroatoms. The molecule has 7 rings (SSSR count). The van der Waals surface area contributed by atoms with Gasteiger partial charge in [0, 0.05) is 11.1 Å². The summed E-state index contributed by atoms with van der Waals surface area (Å²) in [6.45, 7) is 0. The first-order chi connectivity index (χ1) is 16.9. The molecule has 2 aromatic heterocycles. The van der Waals surface area contributed by atoms with Gasteiger partial charge in [0.2, 0.25) is 0 Å². The van der Waals surface area contributed by atoms with Gasteiger partial charge in [0.25, 0.3) is 0 Å². The van der Waals surface area contributed by atoms with Crippen LogP contribution < -0.4 is 5.01 Å². The molecule has 0 bridgehead atoms. The number of fused-ring (bicyclic) bond motifs is 6. The summed E-state index contributed by atoms with van der Waals surface area (Å²) in [6.07, 6.45) is 1.95. The first kappa shape index (κ1) is 19.1. The third-order valence-electron chi connectivity index (χ3n) is 6.65. The lowest BCUT2D eigenvalue weighted by Crippen LogP contribution is -2.26. The molecule has 2 heterocycles. The van der Waals surface area contributed by atoms with E-state index in [0.717, 1.165) is 46.4 Å². The van der Waals surface area contributed by atoms with Crippen molar-refractivity contribution in [2.24, 2.45) is 0 Å². The zero-order chi connectivity index (χ0) is 22.5. The van der Waals surface area contributed by atoms with Gasteiger partial charge in [0.05, 0.1) is 28.1 Å². The maximum atomic E-state index is 5.19. The number of aromatic nitrogens is 3. The Morgan fingerprint density at radius 3 is 1.88 bits per heavy atom. The molecule has 0 saturated carbocycles. The van der Waals surface area contributed by atoms with Crippen LogP contribution in [-0.4, -0.2) is 14.6 Å². The van der Waals surface area contributed by atoms with E-state index in [2.05, 4.69) is 101 Å². The fraction of sp³-hybridized carbons (Fsp3) is 0.0667. The van der Waals surface area contributed by atoms with Crippen molar-refractivity contribution in [1.29, 1.82) is 0 Å². The Balaban J connectivity index is 1.65. The van der Waals surface area contributed by atoms with Gasteiger partial charge in [-0.2, -0.15) is 0 Å². The summed E-state index contributed by atoms with van der Waals surface area (Å²) < 4.78 is 2.28. The van der Waals surface area contributed by atoms with Gasteiger partial charge in [-0.05, 0) is 54.8 Å². The summed E-state index contributed by atoms with van der Waals surface area (Å²) in [6, 6.07) is 37.9. The molecular weight excluding hydrogens is 416 g/mol. The standard InChI is InChI=1S/C30H22N4/c1-3-12-22(13-4-1)33(23-14-5-2-6-15-23)34-29-24-16-8-7-11-21(24)19-20-25(29)28-30(34)32-27-18-10-9-17-26(27)31-28/h1-18H,19-20H2. The first-order valence-corrected chi connectivity index (χ1v) is 11.7. The SMILES string of the molecule is c1ccc(N(c2ccccc2)n2c3c(c4nc5ccccc5nc42)CCc2ccccc2-3)cc1. The predicted octanol–water partition coefficient (Wildman–Crippen LogP) is 6.95. The minimum atomic E-state index is 0.883. The van der Waals surface area contributed by atoms with Crippen LogP contribution in [0.15, 0.2) is 109 Å². The average molecular weight is 439 g/mol. The number of nitrogens with zero attached hydrogens (tertiary/aromatic N) is 4. The summed E-state index contributed by atoms with van der Waals surface area (Å²) in [7, 11) is 0. The smallest absolute Gasteiger partial charge is 0.179 e. The second-order valence-electron chi connectivity index (χ2n) is 8.66. The number of hydrogen-bond donors (Lipinski definition) is 0. The van der Waals surface area contributed by atoms with Gasteiger partial charge < -0.3 is 0 Å². The van der Waals surface area contributed by atoms with Gasteiger partial charge in [-0.25, -0.2) is 19.7 Å². The molecule has 6 aromatic rings. The van der Waals surface area contributed by atoms with Crippen LogP contribution >= 0.6 is 0 Å². The highest BCUT2D eigenvalue weighted by Crippen LogP contribution is 2.42. The van der Waals surface area contributed by atoms with Gasteiger partial charge >= 0.3 is 0 Å². The third kappa shape index (κ3) is 2.85. The third-order valence-corrected chi connectivity index (χ3v) is 6.65. The second-order valence-corrected chi connectivity index (χ2v) is 8.66. The van der Waals surface area contributed by atoms with E-state index < -0.39 is 0 Å². The van der Waals surface area contributed by atoms with E-state index in [1.54, 1.807) is 0 Å². The molecule has 0 fully saturated rings. The van der Waals surface area contributed by atoms with Crippen LogP contribution in [0.3, 0.4) is 0 Å². The molecule has 1 aliphatic carbocycles. The van der Waals surface area contributed by atoms with Crippen LogP contribution in [0.25, 0.3) is 33.5 Å². The molecule has 0 amide bonds. The van der Waals surface area contributed by atoms with E-state index in [4.69, 9.17) is 9.97 Å². The van der Waals surface area contributed by atoms with Crippen LogP contribution in [-0.2, 0) is 12.8 Å². The van der Waals surface area contributed by atoms with E-state index in [9.17, 15) is 0 Å². The van der Waals surface area contributed by atoms with E-state index in [-0.39, 0.29) is 0 Å². The van der Waals surface area contributed by atoms with Crippen molar-refractivity contribution in [2.75, 3.05) is 5.01 Å². The van der Waals surface area contributed by atoms with E-state index in [1.165, 1.54) is 22.4 Å². The van der Waals surface area contributed by atoms with Crippen LogP contribution in [0.5, 0.6) is 0 Å². The van der Waals surface area contributed by atoms with E-state index in [1.807, 2.05) is 18.2 Å². The maximum absolute atomic E-state index is 5.19. The number of anilines is 2. The molecule has 4 aromatic carbocycles. The highest BCUT2D eigenvalue weighted by molar-refractivity contribution is 5.94. The zero-order valence-corrected chi connectivity index (χ0v) is 18.6. The number of rotatable bonds is 3. The quantitative estimate of drug-likeness (QED) is 0.300. The predicted molar refractivity (Wildman–Crippen MR) is 138 cm³/mol.